The molecule has 0 aliphatic carbocycles. The molecule has 0 radical (unpaired) electrons. The number of allylic oxidation sites excluding steroid dienone is 1. The van der Waals surface area contributed by atoms with Crippen molar-refractivity contribution in [3.63, 3.8) is 0 Å². The van der Waals surface area contributed by atoms with Crippen LogP contribution in [-0.4, -0.2) is 47.0 Å². The highest BCUT2D eigenvalue weighted by molar-refractivity contribution is 7.80. The maximum atomic E-state index is 6.16. The second kappa shape index (κ2) is 11.0. The summed E-state index contributed by atoms with van der Waals surface area (Å²) >= 11 is 11.9. The van der Waals surface area contributed by atoms with Gasteiger partial charge in [0.1, 0.15) is 5.75 Å². The molecule has 0 fully saturated rings. The van der Waals surface area contributed by atoms with Gasteiger partial charge in [0.05, 0.1) is 18.2 Å². The minimum atomic E-state index is -0.255. The first-order valence-electron chi connectivity index (χ1n) is 11.1. The molecule has 4 rings (SSSR count). The van der Waals surface area contributed by atoms with E-state index in [1.54, 1.807) is 7.11 Å². The number of methoxy groups -OCH3 is 1. The van der Waals surface area contributed by atoms with Crippen molar-refractivity contribution in [1.29, 1.82) is 0 Å². The van der Waals surface area contributed by atoms with Crippen LogP contribution in [0.3, 0.4) is 0 Å². The van der Waals surface area contributed by atoms with Gasteiger partial charge in [-0.1, -0.05) is 41.0 Å². The second-order valence-electron chi connectivity index (χ2n) is 7.82. The lowest BCUT2D eigenvalue weighted by Crippen LogP contribution is -2.46. The Balaban J connectivity index is 1.75. The van der Waals surface area contributed by atoms with Gasteiger partial charge in [-0.3, -0.25) is 0 Å². The molecule has 0 saturated heterocycles. The van der Waals surface area contributed by atoms with Gasteiger partial charge >= 0.3 is 0 Å². The van der Waals surface area contributed by atoms with E-state index in [2.05, 4.69) is 15.4 Å². The minimum Gasteiger partial charge on any atom is -0.494 e. The van der Waals surface area contributed by atoms with Crippen LogP contribution in [0.25, 0.3) is 17.0 Å². The molecule has 1 N–H and O–H groups in total. The van der Waals surface area contributed by atoms with E-state index in [0.717, 1.165) is 34.6 Å². The quantitative estimate of drug-likeness (QED) is 0.307. The van der Waals surface area contributed by atoms with Gasteiger partial charge in [0.25, 0.3) is 5.89 Å². The van der Waals surface area contributed by atoms with Gasteiger partial charge in [0.15, 0.2) is 5.11 Å². The molecule has 0 amide bonds. The molecular formula is C25H27ClN4O3S. The Morgan fingerprint density at radius 2 is 2.00 bits per heavy atom. The largest absolute Gasteiger partial charge is 0.494 e. The lowest BCUT2D eigenvalue weighted by Gasteiger charge is -2.37. The molecule has 0 saturated carbocycles. The molecular weight excluding hydrogens is 472 g/mol. The maximum Gasteiger partial charge on any atom is 0.258 e. The monoisotopic (exact) mass is 498 g/mol. The summed E-state index contributed by atoms with van der Waals surface area (Å²) < 4.78 is 16.6. The van der Waals surface area contributed by atoms with Crippen LogP contribution in [0.15, 0.2) is 58.8 Å². The van der Waals surface area contributed by atoms with Gasteiger partial charge in [-0.2, -0.15) is 4.98 Å². The number of nitrogens with one attached hydrogen (secondary N) is 1. The van der Waals surface area contributed by atoms with Crippen molar-refractivity contribution in [2.24, 2.45) is 0 Å². The van der Waals surface area contributed by atoms with Crippen molar-refractivity contribution in [1.82, 2.24) is 20.4 Å². The van der Waals surface area contributed by atoms with Gasteiger partial charge in [-0.05, 0) is 62.3 Å². The number of ether oxygens (including phenoxy) is 2. The summed E-state index contributed by atoms with van der Waals surface area (Å²) in [6.07, 6.45) is 0.828. The molecule has 2 aromatic carbocycles. The molecule has 3 aromatic rings. The first kappa shape index (κ1) is 24.2. The Morgan fingerprint density at radius 1 is 1.21 bits per heavy atom. The van der Waals surface area contributed by atoms with E-state index in [4.69, 9.17) is 42.8 Å². The first-order valence-corrected chi connectivity index (χ1v) is 11.9. The lowest BCUT2D eigenvalue weighted by molar-refractivity contribution is 0.188. The number of nitrogens with zero attached hydrogens (tertiary/aromatic N) is 3. The summed E-state index contributed by atoms with van der Waals surface area (Å²) in [6, 6.07) is 15.1. The van der Waals surface area contributed by atoms with Crippen molar-refractivity contribution in [2.75, 3.05) is 26.9 Å². The van der Waals surface area contributed by atoms with Crippen molar-refractivity contribution in [3.8, 4) is 17.1 Å². The molecule has 1 aliphatic rings. The Morgan fingerprint density at radius 3 is 2.71 bits per heavy atom. The van der Waals surface area contributed by atoms with Crippen LogP contribution in [0.1, 0.15) is 37.8 Å². The van der Waals surface area contributed by atoms with E-state index in [0.29, 0.717) is 41.6 Å². The van der Waals surface area contributed by atoms with Crippen molar-refractivity contribution < 1.29 is 14.0 Å². The van der Waals surface area contributed by atoms with Crippen molar-refractivity contribution >= 4 is 34.5 Å². The number of rotatable bonds is 9. The van der Waals surface area contributed by atoms with Gasteiger partial charge in [-0.25, -0.2) is 0 Å². The average molecular weight is 499 g/mol. The SMILES string of the molecule is CCOc1ccc(C2NC(=S)N(CCCOC)C(C)=C2c2nc(-c3cccc(Cl)c3)no2)cc1. The average Bonchev–Trinajstić information content (AvgIpc) is 3.31. The van der Waals surface area contributed by atoms with Gasteiger partial charge in [-0.15, -0.1) is 0 Å². The van der Waals surface area contributed by atoms with Crippen LogP contribution >= 0.6 is 23.8 Å². The molecule has 0 spiro atoms. The number of aromatic nitrogens is 2. The summed E-state index contributed by atoms with van der Waals surface area (Å²) in [5, 5.41) is 8.95. The zero-order chi connectivity index (χ0) is 24.1. The van der Waals surface area contributed by atoms with E-state index in [9.17, 15) is 0 Å². The number of hydrogen-bond acceptors (Lipinski definition) is 6. The predicted octanol–water partition coefficient (Wildman–Crippen LogP) is 5.49. The topological polar surface area (TPSA) is 72.7 Å². The molecule has 7 nitrogen and oxygen atoms in total. The molecule has 0 bridgehead atoms. The number of benzene rings is 2. The Labute approximate surface area is 209 Å². The van der Waals surface area contributed by atoms with Gasteiger partial charge in [0.2, 0.25) is 5.82 Å². The fourth-order valence-electron chi connectivity index (χ4n) is 3.95. The smallest absolute Gasteiger partial charge is 0.258 e. The van der Waals surface area contributed by atoms with Crippen LogP contribution < -0.4 is 10.1 Å². The summed E-state index contributed by atoms with van der Waals surface area (Å²) in [7, 11) is 1.69. The van der Waals surface area contributed by atoms with E-state index in [1.165, 1.54) is 0 Å². The molecule has 1 unspecified atom stereocenters. The standard InChI is InChI=1S/C25H27ClN4O3S/c1-4-32-20-11-9-17(10-12-20)22-21(16(2)30(25(34)27-22)13-6-14-31-3)24-28-23(29-33-24)18-7-5-8-19(26)15-18/h5,7-12,15,22H,4,6,13-14H2,1-3H3,(H,27,34). The number of halogens is 1. The first-order chi connectivity index (χ1) is 16.5. The number of hydrogen-bond donors (Lipinski definition) is 1. The Hall–Kier alpha value is -2.94. The van der Waals surface area contributed by atoms with Gasteiger partial charge < -0.3 is 24.2 Å². The highest BCUT2D eigenvalue weighted by Gasteiger charge is 2.34. The second-order valence-corrected chi connectivity index (χ2v) is 8.64. The number of thiocarbonyl (C=S) groups is 1. The van der Waals surface area contributed by atoms with E-state index < -0.39 is 0 Å². The van der Waals surface area contributed by atoms with Crippen LogP contribution in [0, 0.1) is 0 Å². The zero-order valence-corrected chi connectivity index (χ0v) is 20.9. The molecule has 9 heteroatoms. The molecule has 1 aliphatic heterocycles. The molecule has 34 heavy (non-hydrogen) atoms. The van der Waals surface area contributed by atoms with Crippen molar-refractivity contribution in [3.05, 3.63) is 70.7 Å². The van der Waals surface area contributed by atoms with Gasteiger partial charge in [0, 0.05) is 36.5 Å². The van der Waals surface area contributed by atoms with Crippen LogP contribution in [0.5, 0.6) is 5.75 Å². The fourth-order valence-corrected chi connectivity index (χ4v) is 4.48. The normalized spacial score (nSPS) is 16.1. The van der Waals surface area contributed by atoms with Crippen LogP contribution in [-0.2, 0) is 4.74 Å². The Kier molecular flexibility index (Phi) is 7.82. The van der Waals surface area contributed by atoms with Crippen LogP contribution in [0.2, 0.25) is 5.02 Å². The zero-order valence-electron chi connectivity index (χ0n) is 19.4. The molecule has 1 atom stereocenters. The molecule has 178 valence electrons. The summed E-state index contributed by atoms with van der Waals surface area (Å²) in [5.74, 6) is 1.72. The van der Waals surface area contributed by atoms with E-state index >= 15 is 0 Å². The third-order valence-electron chi connectivity index (χ3n) is 5.59. The molecule has 2 heterocycles. The maximum absolute atomic E-state index is 6.16. The van der Waals surface area contributed by atoms with E-state index in [-0.39, 0.29) is 6.04 Å². The third-order valence-corrected chi connectivity index (χ3v) is 6.16. The summed E-state index contributed by atoms with van der Waals surface area (Å²) in [5.41, 5.74) is 3.63. The third kappa shape index (κ3) is 5.24. The van der Waals surface area contributed by atoms with E-state index in [1.807, 2.05) is 62.4 Å². The lowest BCUT2D eigenvalue weighted by atomic mass is 9.94. The summed E-state index contributed by atoms with van der Waals surface area (Å²) in [6.45, 7) is 5.95. The van der Waals surface area contributed by atoms with Crippen LogP contribution in [0.4, 0.5) is 0 Å². The van der Waals surface area contributed by atoms with Crippen molar-refractivity contribution in [2.45, 2.75) is 26.3 Å². The molecule has 1 aromatic heterocycles. The summed E-state index contributed by atoms with van der Waals surface area (Å²) in [4.78, 5) is 6.77. The highest BCUT2D eigenvalue weighted by Crippen LogP contribution is 2.38. The minimum absolute atomic E-state index is 0.255. The fraction of sp³-hybridized carbons (Fsp3) is 0.320. The highest BCUT2D eigenvalue weighted by atomic mass is 35.5. The Bertz CT molecular complexity index is 1180. The predicted molar refractivity (Wildman–Crippen MR) is 137 cm³/mol.